The number of rotatable bonds is 2. The molecule has 0 fully saturated rings. The van der Waals surface area contributed by atoms with Gasteiger partial charge in [0.15, 0.2) is 0 Å². The quantitative estimate of drug-likeness (QED) is 0.426. The summed E-state index contributed by atoms with van der Waals surface area (Å²) in [6, 6.07) is 8.78. The largest absolute Gasteiger partial charge is 0.461 e. The van der Waals surface area contributed by atoms with Crippen molar-refractivity contribution in [3.8, 4) is 12.1 Å². The molecule has 3 heteroatoms. The van der Waals surface area contributed by atoms with Crippen LogP contribution in [-0.4, -0.2) is 0 Å². The van der Waals surface area contributed by atoms with Crippen molar-refractivity contribution < 1.29 is 4.74 Å². The molecule has 0 saturated carbocycles. The zero-order valence-corrected chi connectivity index (χ0v) is 21.7. The van der Waals surface area contributed by atoms with E-state index in [1.807, 2.05) is 24.3 Å². The molecule has 0 radical (unpaired) electrons. The molecule has 0 bridgehead atoms. The van der Waals surface area contributed by atoms with Gasteiger partial charge < -0.3 is 4.74 Å². The number of allylic oxidation sites excluding steroid dienone is 6. The molecule has 0 unspecified atom stereocenters. The molecule has 176 valence electrons. The summed E-state index contributed by atoms with van der Waals surface area (Å²) in [5.41, 5.74) is 6.59. The molecule has 1 aromatic carbocycles. The molecule has 1 heterocycles. The molecule has 1 aromatic rings. The van der Waals surface area contributed by atoms with Crippen LogP contribution in [-0.2, 0) is 15.6 Å². The lowest BCUT2D eigenvalue weighted by atomic mass is 9.59. The highest BCUT2D eigenvalue weighted by Crippen LogP contribution is 2.53. The second-order valence-corrected chi connectivity index (χ2v) is 12.4. The van der Waals surface area contributed by atoms with Gasteiger partial charge in [-0.15, -0.1) is 0 Å². The highest BCUT2D eigenvalue weighted by molar-refractivity contribution is 5.62. The first kappa shape index (κ1) is 24.1. The number of hydrogen-bond acceptors (Lipinski definition) is 3. The topological polar surface area (TPSA) is 56.8 Å². The summed E-state index contributed by atoms with van der Waals surface area (Å²) in [4.78, 5) is 0. The van der Waals surface area contributed by atoms with Crippen molar-refractivity contribution in [1.29, 1.82) is 10.5 Å². The SMILES string of the molecule is CC(C)(C)C1=CC(=C(C#N)C#N)C=C(/C=C/c2cc3c4c(c2)C(C)(C)CCC4CCC3(C)C)O1. The van der Waals surface area contributed by atoms with E-state index in [4.69, 9.17) is 4.74 Å². The Kier molecular flexibility index (Phi) is 5.90. The van der Waals surface area contributed by atoms with Crippen LogP contribution >= 0.6 is 0 Å². The molecule has 1 aliphatic heterocycles. The number of ether oxygens (including phenoxy) is 1. The summed E-state index contributed by atoms with van der Waals surface area (Å²) in [6.07, 6.45) is 12.7. The Morgan fingerprint density at radius 1 is 0.941 bits per heavy atom. The molecule has 0 saturated heterocycles. The van der Waals surface area contributed by atoms with Crippen LogP contribution < -0.4 is 0 Å². The number of hydrogen-bond donors (Lipinski definition) is 0. The average molecular weight is 453 g/mol. The Morgan fingerprint density at radius 3 is 2.00 bits per heavy atom. The molecule has 3 aliphatic rings. The maximum absolute atomic E-state index is 9.41. The predicted octanol–water partition coefficient (Wildman–Crippen LogP) is 8.11. The first-order valence-corrected chi connectivity index (χ1v) is 12.4. The fourth-order valence-electron chi connectivity index (χ4n) is 5.55. The van der Waals surface area contributed by atoms with Crippen LogP contribution in [0.25, 0.3) is 6.08 Å². The van der Waals surface area contributed by atoms with Gasteiger partial charge in [-0.3, -0.25) is 0 Å². The second-order valence-electron chi connectivity index (χ2n) is 12.4. The minimum atomic E-state index is -0.242. The summed E-state index contributed by atoms with van der Waals surface area (Å²) in [5.74, 6) is 2.09. The van der Waals surface area contributed by atoms with Gasteiger partial charge in [0.2, 0.25) is 0 Å². The van der Waals surface area contributed by atoms with Gasteiger partial charge in [0.25, 0.3) is 0 Å². The van der Waals surface area contributed by atoms with Crippen molar-refractivity contribution in [2.45, 2.75) is 90.9 Å². The molecule has 34 heavy (non-hydrogen) atoms. The van der Waals surface area contributed by atoms with Crippen LogP contribution in [0.3, 0.4) is 0 Å². The highest BCUT2D eigenvalue weighted by atomic mass is 16.5. The van der Waals surface area contributed by atoms with Gasteiger partial charge in [0.05, 0.1) is 0 Å². The van der Waals surface area contributed by atoms with E-state index in [0.29, 0.717) is 17.3 Å². The molecular formula is C31H36N2O. The molecule has 0 N–H and O–H groups in total. The normalized spacial score (nSPS) is 21.0. The van der Waals surface area contributed by atoms with Crippen molar-refractivity contribution >= 4 is 6.08 Å². The third-order valence-corrected chi connectivity index (χ3v) is 7.81. The Labute approximate surface area is 205 Å². The van der Waals surface area contributed by atoms with Crippen LogP contribution in [0.2, 0.25) is 0 Å². The zero-order chi connectivity index (χ0) is 24.9. The van der Waals surface area contributed by atoms with E-state index >= 15 is 0 Å². The Bertz CT molecular complexity index is 1170. The number of nitrogens with zero attached hydrogens (tertiary/aromatic N) is 2. The van der Waals surface area contributed by atoms with Gasteiger partial charge in [-0.25, -0.2) is 0 Å². The summed E-state index contributed by atoms with van der Waals surface area (Å²) in [5, 5.41) is 18.8. The molecule has 0 spiro atoms. The third-order valence-electron chi connectivity index (χ3n) is 7.81. The van der Waals surface area contributed by atoms with Crippen molar-refractivity contribution in [1.82, 2.24) is 0 Å². The summed E-state index contributed by atoms with van der Waals surface area (Å²) < 4.78 is 6.20. The average Bonchev–Trinajstić information content (AvgIpc) is 2.76. The van der Waals surface area contributed by atoms with Gasteiger partial charge in [-0.2, -0.15) is 10.5 Å². The lowest BCUT2D eigenvalue weighted by molar-refractivity contribution is 0.223. The van der Waals surface area contributed by atoms with Crippen molar-refractivity contribution in [2.24, 2.45) is 5.41 Å². The monoisotopic (exact) mass is 452 g/mol. The van der Waals surface area contributed by atoms with E-state index in [2.05, 4.69) is 66.7 Å². The molecule has 2 aliphatic carbocycles. The summed E-state index contributed by atoms with van der Waals surface area (Å²) in [7, 11) is 0. The van der Waals surface area contributed by atoms with E-state index in [1.165, 1.54) is 42.4 Å². The molecule has 0 aromatic heterocycles. The van der Waals surface area contributed by atoms with Crippen LogP contribution in [0.15, 0.2) is 53.0 Å². The van der Waals surface area contributed by atoms with Gasteiger partial charge in [0, 0.05) is 11.0 Å². The molecule has 0 amide bonds. The Morgan fingerprint density at radius 2 is 1.50 bits per heavy atom. The molecule has 0 atom stereocenters. The molecule has 4 rings (SSSR count). The first-order chi connectivity index (χ1) is 15.9. The fourth-order valence-corrected chi connectivity index (χ4v) is 5.55. The minimum absolute atomic E-state index is 0.101. The van der Waals surface area contributed by atoms with Crippen molar-refractivity contribution in [3.05, 3.63) is 75.3 Å². The third kappa shape index (κ3) is 4.37. The van der Waals surface area contributed by atoms with Crippen molar-refractivity contribution in [2.75, 3.05) is 0 Å². The molecular weight excluding hydrogens is 416 g/mol. The minimum Gasteiger partial charge on any atom is -0.461 e. The van der Waals surface area contributed by atoms with E-state index in [1.54, 1.807) is 11.6 Å². The van der Waals surface area contributed by atoms with Crippen LogP contribution in [0.5, 0.6) is 0 Å². The first-order valence-electron chi connectivity index (χ1n) is 12.4. The van der Waals surface area contributed by atoms with Crippen molar-refractivity contribution in [3.63, 3.8) is 0 Å². The second kappa shape index (κ2) is 8.32. The van der Waals surface area contributed by atoms with Crippen LogP contribution in [0.4, 0.5) is 0 Å². The predicted molar refractivity (Wildman–Crippen MR) is 138 cm³/mol. The van der Waals surface area contributed by atoms with E-state index < -0.39 is 0 Å². The zero-order valence-electron chi connectivity index (χ0n) is 21.7. The lowest BCUT2D eigenvalue weighted by Crippen LogP contribution is -2.34. The number of benzene rings is 1. The fraction of sp³-hybridized carbons (Fsp3) is 0.484. The Hall–Kier alpha value is -3.04. The van der Waals surface area contributed by atoms with E-state index in [-0.39, 0.29) is 21.8 Å². The smallest absolute Gasteiger partial charge is 0.137 e. The lowest BCUT2D eigenvalue weighted by Gasteiger charge is -2.45. The number of nitriles is 2. The van der Waals surface area contributed by atoms with E-state index in [0.717, 1.165) is 5.76 Å². The standard InChI is InChI=1S/C31H36N2O/c1-29(2,3)27-17-22(23(18-32)19-33)16-24(34-27)9-8-20-14-25-28-21(10-12-30(25,4)5)11-13-31(6,7)26(28)15-20/h8-9,14-17,21H,10-13H2,1-7H3/b9-8+. The maximum Gasteiger partial charge on any atom is 0.137 e. The van der Waals surface area contributed by atoms with Crippen LogP contribution in [0, 0.1) is 28.1 Å². The van der Waals surface area contributed by atoms with Gasteiger partial charge >= 0.3 is 0 Å². The van der Waals surface area contributed by atoms with Gasteiger partial charge in [0.1, 0.15) is 29.2 Å². The summed E-state index contributed by atoms with van der Waals surface area (Å²) >= 11 is 0. The summed E-state index contributed by atoms with van der Waals surface area (Å²) in [6.45, 7) is 15.7. The van der Waals surface area contributed by atoms with Gasteiger partial charge in [-0.1, -0.05) is 66.7 Å². The highest BCUT2D eigenvalue weighted by Gasteiger charge is 2.41. The Balaban J connectivity index is 1.79. The maximum atomic E-state index is 9.41. The van der Waals surface area contributed by atoms with E-state index in [9.17, 15) is 10.5 Å². The molecule has 3 nitrogen and oxygen atoms in total. The van der Waals surface area contributed by atoms with Crippen LogP contribution in [0.1, 0.15) is 102 Å². The van der Waals surface area contributed by atoms with Gasteiger partial charge in [-0.05, 0) is 82.9 Å².